The third-order valence-corrected chi connectivity index (χ3v) is 11.9. The first-order valence-corrected chi connectivity index (χ1v) is 22.3. The van der Waals surface area contributed by atoms with Crippen molar-refractivity contribution in [2.45, 2.75) is 58.3 Å². The van der Waals surface area contributed by atoms with Gasteiger partial charge in [-0.05, 0) is 92.0 Å². The van der Waals surface area contributed by atoms with Crippen LogP contribution in [0.3, 0.4) is 0 Å². The molecule has 0 aliphatic heterocycles. The fraction of sp³-hybridized carbons (Fsp3) is 0.200. The summed E-state index contributed by atoms with van der Waals surface area (Å²) in [6.45, 7) is 2.52. The normalized spacial score (nSPS) is 11.7. The number of rotatable bonds is 20. The van der Waals surface area contributed by atoms with Gasteiger partial charge >= 0.3 is 25.4 Å². The number of nitrogens with one attached hydrogen (secondary N) is 1. The van der Waals surface area contributed by atoms with E-state index in [4.69, 9.17) is 9.47 Å². The van der Waals surface area contributed by atoms with Crippen LogP contribution < -0.4 is 5.32 Å². The summed E-state index contributed by atoms with van der Waals surface area (Å²) in [4.78, 5) is 49.9. The fourth-order valence-corrected chi connectivity index (χ4v) is 8.87. The number of carbonyl (C=O) groups excluding carboxylic acids is 2. The molecule has 12 nitrogen and oxygen atoms in total. The first kappa shape index (κ1) is 50.5. The molecule has 4 aromatic heterocycles. The van der Waals surface area contributed by atoms with Gasteiger partial charge in [0.1, 0.15) is 18.4 Å². The molecule has 0 fully saturated rings. The van der Waals surface area contributed by atoms with E-state index in [9.17, 15) is 14.7 Å². The molecule has 0 saturated heterocycles. The first-order valence-electron chi connectivity index (χ1n) is 22.3. The minimum absolute atomic E-state index is 0. The van der Waals surface area contributed by atoms with Crippen molar-refractivity contribution in [2.24, 2.45) is 0 Å². The number of carbonyl (C=O) groups is 2. The van der Waals surface area contributed by atoms with Crippen LogP contribution in [0.4, 0.5) is 0 Å². The van der Waals surface area contributed by atoms with Gasteiger partial charge in [0.25, 0.3) is 0 Å². The zero-order chi connectivity index (χ0) is 46.0. The molecule has 1 amide bonds. The van der Waals surface area contributed by atoms with E-state index in [0.717, 1.165) is 44.7 Å². The third kappa shape index (κ3) is 12.8. The Morgan fingerprint density at radius 3 is 1.51 bits per heavy atom. The number of aromatic nitrogens is 4. The average molecular weight is 1020 g/mol. The molecule has 0 unspecified atom stereocenters. The molecule has 0 aliphatic carbocycles. The molecule has 0 bridgehead atoms. The van der Waals surface area contributed by atoms with E-state index in [0.29, 0.717) is 50.4 Å². The minimum Gasteiger partial charge on any atom is -0.507 e. The number of nitrogens with zero attached hydrogens (tertiary/aromatic N) is 6. The van der Waals surface area contributed by atoms with E-state index in [2.05, 4.69) is 83.6 Å². The zero-order valence-corrected chi connectivity index (χ0v) is 44.6. The van der Waals surface area contributed by atoms with Crippen LogP contribution in [0.2, 0.25) is 0 Å². The second-order valence-corrected chi connectivity index (χ2v) is 16.8. The number of esters is 1. The third-order valence-electron chi connectivity index (χ3n) is 11.9. The standard InChI is InChI=1S/C55H51N7O5.2Zn/c1-66-55(65)50(60-51(63)37-67-36-42-20-19-41-18-17-39-11-10-12-40-21-22-49(42)53(41)52(39)40)29-38-27-43(30-61(32-45-13-2-6-23-56-45)33-46-14-3-7-24-57-46)54(64)44(28-38)31-62(34-47-15-4-8-25-58-47)35-48-16-5-9-26-59-48;;/h2-28,50,64H,29-37H2,1H3,(H,60,63);;/q;;+2/t50-;;/m0../s1. The van der Waals surface area contributed by atoms with Gasteiger partial charge < -0.3 is 19.9 Å². The van der Waals surface area contributed by atoms with Crippen LogP contribution in [0.25, 0.3) is 32.3 Å². The van der Waals surface area contributed by atoms with Crippen LogP contribution in [0.5, 0.6) is 5.75 Å². The van der Waals surface area contributed by atoms with Crippen molar-refractivity contribution in [3.05, 3.63) is 209 Å². The van der Waals surface area contributed by atoms with Gasteiger partial charge in [-0.25, -0.2) is 4.79 Å². The Morgan fingerprint density at radius 1 is 0.580 bits per heavy atom. The predicted molar refractivity (Wildman–Crippen MR) is 258 cm³/mol. The molecule has 9 rings (SSSR count). The van der Waals surface area contributed by atoms with Crippen LogP contribution in [-0.2, 0) is 110 Å². The maximum absolute atomic E-state index is 13.6. The van der Waals surface area contributed by atoms with E-state index < -0.39 is 17.9 Å². The quantitative estimate of drug-likeness (QED) is 0.0430. The zero-order valence-electron chi connectivity index (χ0n) is 38.7. The molecule has 0 radical (unpaired) electrons. The SMILES string of the molecule is COC(=O)[C@H](Cc1cc(CN(Cc2ccccn2)Cc2ccccn2)c(O)c(CN(Cc2ccccn2)Cc2ccccn2)c1)NC(=O)COCc1ccc2ccc3cccc4ccc1c2c34.[Zn+2].[Zn]. The van der Waals surface area contributed by atoms with Crippen LogP contribution in [0, 0.1) is 0 Å². The van der Waals surface area contributed by atoms with Crippen molar-refractivity contribution >= 4 is 44.2 Å². The average Bonchev–Trinajstić information content (AvgIpc) is 3.35. The number of methoxy groups -OCH3 is 1. The number of hydrogen-bond acceptors (Lipinski definition) is 11. The molecule has 9 aromatic rings. The number of amides is 1. The van der Waals surface area contributed by atoms with Crippen LogP contribution in [0.15, 0.2) is 164 Å². The molecule has 0 spiro atoms. The molecule has 2 N–H and O–H groups in total. The van der Waals surface area contributed by atoms with E-state index in [1.165, 1.54) is 28.7 Å². The Kier molecular flexibility index (Phi) is 17.7. The second kappa shape index (κ2) is 24.2. The van der Waals surface area contributed by atoms with E-state index in [1.54, 1.807) is 24.8 Å². The molecular formula is C55H51N7O5Zn2+2. The van der Waals surface area contributed by atoms with Gasteiger partial charge in [-0.1, -0.05) is 91.0 Å². The van der Waals surface area contributed by atoms with Gasteiger partial charge in [0.05, 0.1) is 36.5 Å². The Balaban J connectivity index is 0.00000352. The Morgan fingerprint density at radius 2 is 1.04 bits per heavy atom. The number of pyridine rings is 4. The monoisotopic (exact) mass is 1020 g/mol. The van der Waals surface area contributed by atoms with Crippen molar-refractivity contribution in [2.75, 3.05) is 13.7 Å². The van der Waals surface area contributed by atoms with Crippen molar-refractivity contribution in [1.82, 2.24) is 35.1 Å². The molecule has 0 aliphatic rings. The van der Waals surface area contributed by atoms with Crippen molar-refractivity contribution < 1.29 is 63.1 Å². The molecule has 5 aromatic carbocycles. The Bertz CT molecular complexity index is 2870. The largest absolute Gasteiger partial charge is 2.00 e. The second-order valence-electron chi connectivity index (χ2n) is 16.8. The van der Waals surface area contributed by atoms with E-state index in [1.807, 2.05) is 91.0 Å². The predicted octanol–water partition coefficient (Wildman–Crippen LogP) is 8.69. The van der Waals surface area contributed by atoms with Gasteiger partial charge in [-0.3, -0.25) is 34.5 Å². The van der Waals surface area contributed by atoms with Crippen LogP contribution >= 0.6 is 0 Å². The van der Waals surface area contributed by atoms with Crippen LogP contribution in [-0.4, -0.2) is 66.5 Å². The molecule has 0 saturated carbocycles. The molecule has 4 heterocycles. The number of aromatic hydroxyl groups is 1. The summed E-state index contributed by atoms with van der Waals surface area (Å²) in [5.41, 5.74) is 6.42. The summed E-state index contributed by atoms with van der Waals surface area (Å²) < 4.78 is 11.3. The topological polar surface area (TPSA) is 143 Å². The maximum Gasteiger partial charge on any atom is 2.00 e. The van der Waals surface area contributed by atoms with Gasteiger partial charge in [-0.15, -0.1) is 0 Å². The number of hydrogen-bond donors (Lipinski definition) is 2. The molecule has 14 heteroatoms. The Hall–Kier alpha value is -6.39. The summed E-state index contributed by atoms with van der Waals surface area (Å²) in [5, 5.41) is 22.1. The number of phenolic OH excluding ortho intramolecular Hbond substituents is 1. The smallest absolute Gasteiger partial charge is 0.507 e. The van der Waals surface area contributed by atoms with E-state index in [-0.39, 0.29) is 64.3 Å². The number of ether oxygens (including phenoxy) is 2. The van der Waals surface area contributed by atoms with Gasteiger partial charge in [0, 0.05) is 101 Å². The minimum atomic E-state index is -1.04. The molecule has 338 valence electrons. The summed E-state index contributed by atoms with van der Waals surface area (Å²) in [6.07, 6.45) is 7.15. The van der Waals surface area contributed by atoms with E-state index >= 15 is 0 Å². The number of benzene rings is 5. The number of phenols is 1. The molecule has 1 atom stereocenters. The van der Waals surface area contributed by atoms with Crippen molar-refractivity contribution in [3.63, 3.8) is 0 Å². The fourth-order valence-electron chi connectivity index (χ4n) is 8.87. The Labute approximate surface area is 427 Å². The molecule has 69 heavy (non-hydrogen) atoms. The van der Waals surface area contributed by atoms with Crippen molar-refractivity contribution in [3.8, 4) is 5.75 Å². The van der Waals surface area contributed by atoms with Gasteiger partial charge in [-0.2, -0.15) is 0 Å². The summed E-state index contributed by atoms with van der Waals surface area (Å²) >= 11 is 0. The summed E-state index contributed by atoms with van der Waals surface area (Å²) in [5.74, 6) is -0.932. The van der Waals surface area contributed by atoms with Gasteiger partial charge in [0.15, 0.2) is 0 Å². The van der Waals surface area contributed by atoms with Crippen molar-refractivity contribution in [1.29, 1.82) is 0 Å². The summed E-state index contributed by atoms with van der Waals surface area (Å²) in [6, 6.07) is 44.9. The maximum atomic E-state index is 13.6. The first-order chi connectivity index (χ1) is 32.9. The summed E-state index contributed by atoms with van der Waals surface area (Å²) in [7, 11) is 1.31. The van der Waals surface area contributed by atoms with Gasteiger partial charge in [0.2, 0.25) is 5.91 Å². The molecular weight excluding hydrogens is 969 g/mol. The van der Waals surface area contributed by atoms with Crippen LogP contribution in [0.1, 0.15) is 45.0 Å².